The van der Waals surface area contributed by atoms with Crippen LogP contribution < -0.4 is 5.32 Å². The Bertz CT molecular complexity index is 1270. The van der Waals surface area contributed by atoms with E-state index in [0.29, 0.717) is 27.6 Å². The molecule has 1 fully saturated rings. The van der Waals surface area contributed by atoms with Crippen molar-refractivity contribution in [3.8, 4) is 0 Å². The van der Waals surface area contributed by atoms with Crippen molar-refractivity contribution in [3.63, 3.8) is 0 Å². The van der Waals surface area contributed by atoms with E-state index in [0.717, 1.165) is 22.5 Å². The fourth-order valence-electron chi connectivity index (χ4n) is 3.74. The summed E-state index contributed by atoms with van der Waals surface area (Å²) in [6.07, 6.45) is 1.79. The number of nitrogens with one attached hydrogen (secondary N) is 1. The highest BCUT2D eigenvalue weighted by Gasteiger charge is 2.39. The van der Waals surface area contributed by atoms with E-state index in [1.54, 1.807) is 13.0 Å². The lowest BCUT2D eigenvalue weighted by Crippen LogP contribution is -2.49. The number of ether oxygens (including phenoxy) is 1. The number of hydrogen-bond donors (Lipinski definition) is 1. The van der Waals surface area contributed by atoms with E-state index in [1.165, 1.54) is 27.8 Å². The molecule has 11 heteroatoms. The maximum Gasteiger partial charge on any atom is 0.341 e. The van der Waals surface area contributed by atoms with Gasteiger partial charge in [-0.05, 0) is 38.0 Å². The molecule has 1 N–H and O–H groups in total. The highest BCUT2D eigenvalue weighted by molar-refractivity contribution is 7.91. The van der Waals surface area contributed by atoms with Gasteiger partial charge in [-0.2, -0.15) is 4.31 Å². The molecule has 0 saturated carbocycles. The molecule has 4 rings (SSSR count). The average Bonchev–Trinajstić information content (AvgIpc) is 3.37. The second-order valence-corrected chi connectivity index (χ2v) is 12.1. The molecule has 1 atom stereocenters. The second kappa shape index (κ2) is 9.48. The van der Waals surface area contributed by atoms with Gasteiger partial charge in [-0.25, -0.2) is 13.2 Å². The first-order valence-corrected chi connectivity index (χ1v) is 13.5. The van der Waals surface area contributed by atoms with Gasteiger partial charge in [0.05, 0.1) is 10.9 Å². The number of anilines is 1. The summed E-state index contributed by atoms with van der Waals surface area (Å²) in [4.78, 5) is 25.9. The molecule has 2 aromatic heterocycles. The third kappa shape index (κ3) is 4.42. The Hall–Kier alpha value is -1.98. The van der Waals surface area contributed by atoms with Gasteiger partial charge in [0.1, 0.15) is 20.8 Å². The van der Waals surface area contributed by atoms with Crippen LogP contribution >= 0.6 is 34.3 Å². The summed E-state index contributed by atoms with van der Waals surface area (Å²) in [6, 6.07) is 9.42. The van der Waals surface area contributed by atoms with Crippen molar-refractivity contribution >= 4 is 71.3 Å². The molecule has 1 unspecified atom stereocenters. The fourth-order valence-corrected chi connectivity index (χ4v) is 8.10. The number of hydrogen-bond acceptors (Lipinski definition) is 7. The van der Waals surface area contributed by atoms with Crippen LogP contribution in [-0.4, -0.2) is 43.8 Å². The predicted molar refractivity (Wildman–Crippen MR) is 127 cm³/mol. The van der Waals surface area contributed by atoms with Gasteiger partial charge >= 0.3 is 5.97 Å². The monoisotopic (exact) mass is 512 g/mol. The van der Waals surface area contributed by atoms with Gasteiger partial charge in [0, 0.05) is 16.6 Å². The van der Waals surface area contributed by atoms with Crippen LogP contribution in [0.1, 0.15) is 36.5 Å². The first kappa shape index (κ1) is 23.2. The van der Waals surface area contributed by atoms with Crippen molar-refractivity contribution in [2.45, 2.75) is 36.4 Å². The van der Waals surface area contributed by atoms with Crippen LogP contribution in [0.15, 0.2) is 40.6 Å². The first-order valence-electron chi connectivity index (χ1n) is 10.1. The molecule has 0 bridgehead atoms. The van der Waals surface area contributed by atoms with Gasteiger partial charge < -0.3 is 10.1 Å². The summed E-state index contributed by atoms with van der Waals surface area (Å²) in [7, 11) is -3.87. The maximum atomic E-state index is 13.3. The van der Waals surface area contributed by atoms with Gasteiger partial charge in [-0.3, -0.25) is 4.79 Å². The van der Waals surface area contributed by atoms with Crippen molar-refractivity contribution in [1.29, 1.82) is 0 Å². The number of amides is 1. The summed E-state index contributed by atoms with van der Waals surface area (Å²) in [5, 5.41) is 3.86. The molecular weight excluding hydrogens is 492 g/mol. The number of rotatable bonds is 6. The minimum Gasteiger partial charge on any atom is -0.462 e. The highest BCUT2D eigenvalue weighted by Crippen LogP contribution is 2.37. The topological polar surface area (TPSA) is 92.8 Å². The number of esters is 1. The summed E-state index contributed by atoms with van der Waals surface area (Å²) in [5.41, 5.74) is 0.288. The first-order chi connectivity index (χ1) is 15.3. The number of piperidine rings is 1. The third-order valence-electron chi connectivity index (χ3n) is 5.18. The Morgan fingerprint density at radius 2 is 1.97 bits per heavy atom. The van der Waals surface area contributed by atoms with Crippen molar-refractivity contribution in [2.75, 3.05) is 18.5 Å². The molecule has 1 aromatic carbocycles. The molecule has 0 radical (unpaired) electrons. The van der Waals surface area contributed by atoms with E-state index in [9.17, 15) is 18.0 Å². The second-order valence-electron chi connectivity index (χ2n) is 7.20. The Morgan fingerprint density at radius 3 is 2.69 bits per heavy atom. The van der Waals surface area contributed by atoms with Crippen LogP contribution in [-0.2, 0) is 19.6 Å². The molecule has 1 saturated heterocycles. The average molecular weight is 513 g/mol. The van der Waals surface area contributed by atoms with Gasteiger partial charge in [0.2, 0.25) is 5.91 Å². The SMILES string of the molecule is CCOC(=O)c1c(NC(=O)C2CCCCN2S(=O)(=O)c2ccc(Cl)s2)sc2ccccc12. The molecule has 170 valence electrons. The Morgan fingerprint density at radius 1 is 1.19 bits per heavy atom. The van der Waals surface area contributed by atoms with Crippen LogP contribution in [0, 0.1) is 0 Å². The molecule has 1 aliphatic rings. The molecule has 1 amide bonds. The number of sulfonamides is 1. The van der Waals surface area contributed by atoms with Gasteiger partial charge in [-0.15, -0.1) is 22.7 Å². The van der Waals surface area contributed by atoms with E-state index in [-0.39, 0.29) is 22.9 Å². The summed E-state index contributed by atoms with van der Waals surface area (Å²) in [5.74, 6) is -0.991. The smallest absolute Gasteiger partial charge is 0.341 e. The number of thiophene rings is 2. The van der Waals surface area contributed by atoms with Crippen LogP contribution in [0.5, 0.6) is 0 Å². The van der Waals surface area contributed by atoms with Gasteiger partial charge in [0.15, 0.2) is 0 Å². The lowest BCUT2D eigenvalue weighted by atomic mass is 10.0. The zero-order valence-electron chi connectivity index (χ0n) is 17.2. The fraction of sp³-hybridized carbons (Fsp3) is 0.333. The van der Waals surface area contributed by atoms with Crippen LogP contribution in [0.3, 0.4) is 0 Å². The summed E-state index contributed by atoms with van der Waals surface area (Å²) >= 11 is 8.17. The summed E-state index contributed by atoms with van der Waals surface area (Å²) in [6.45, 7) is 2.16. The molecule has 7 nitrogen and oxygen atoms in total. The maximum absolute atomic E-state index is 13.3. The van der Waals surface area contributed by atoms with Gasteiger partial charge in [-0.1, -0.05) is 36.2 Å². The molecule has 3 aromatic rings. The third-order valence-corrected chi connectivity index (χ3v) is 9.87. The van der Waals surface area contributed by atoms with E-state index < -0.39 is 27.9 Å². The molecule has 0 spiro atoms. The quantitative estimate of drug-likeness (QED) is 0.470. The summed E-state index contributed by atoms with van der Waals surface area (Å²) < 4.78 is 34.1. The van der Waals surface area contributed by atoms with Crippen molar-refractivity contribution in [3.05, 3.63) is 46.3 Å². The molecule has 1 aliphatic heterocycles. The van der Waals surface area contributed by atoms with Crippen molar-refractivity contribution in [1.82, 2.24) is 4.31 Å². The lowest BCUT2D eigenvalue weighted by Gasteiger charge is -2.33. The molecule has 0 aliphatic carbocycles. The molecular formula is C21H21ClN2O5S3. The van der Waals surface area contributed by atoms with Gasteiger partial charge in [0.25, 0.3) is 10.0 Å². The van der Waals surface area contributed by atoms with Crippen molar-refractivity contribution < 1.29 is 22.7 Å². The van der Waals surface area contributed by atoms with E-state index in [4.69, 9.17) is 16.3 Å². The predicted octanol–water partition coefficient (Wildman–Crippen LogP) is 4.97. The zero-order chi connectivity index (χ0) is 22.9. The van der Waals surface area contributed by atoms with E-state index >= 15 is 0 Å². The lowest BCUT2D eigenvalue weighted by molar-refractivity contribution is -0.120. The number of benzene rings is 1. The zero-order valence-corrected chi connectivity index (χ0v) is 20.4. The van der Waals surface area contributed by atoms with Crippen LogP contribution in [0.4, 0.5) is 5.00 Å². The number of nitrogens with zero attached hydrogens (tertiary/aromatic N) is 1. The van der Waals surface area contributed by atoms with Crippen LogP contribution in [0.25, 0.3) is 10.1 Å². The Balaban J connectivity index is 1.66. The van der Waals surface area contributed by atoms with Crippen molar-refractivity contribution in [2.24, 2.45) is 0 Å². The number of carbonyl (C=O) groups excluding carboxylic acids is 2. The standard InChI is InChI=1S/C21H21ClN2O5S3/c1-2-29-21(26)18-13-7-3-4-9-15(13)30-20(18)23-19(25)14-8-5-6-12-24(14)32(27,28)17-11-10-16(22)31-17/h3-4,7,9-11,14H,2,5-6,8,12H2,1H3,(H,23,25). The Labute approximate surface area is 199 Å². The van der Waals surface area contributed by atoms with Crippen LogP contribution in [0.2, 0.25) is 4.34 Å². The number of carbonyl (C=O) groups is 2. The number of halogens is 1. The minimum atomic E-state index is -3.87. The molecule has 32 heavy (non-hydrogen) atoms. The number of fused-ring (bicyclic) bond motifs is 1. The normalized spacial score (nSPS) is 17.4. The largest absolute Gasteiger partial charge is 0.462 e. The molecule has 3 heterocycles. The van der Waals surface area contributed by atoms with E-state index in [1.807, 2.05) is 18.2 Å². The Kier molecular flexibility index (Phi) is 6.87. The minimum absolute atomic E-state index is 0.108. The highest BCUT2D eigenvalue weighted by atomic mass is 35.5. The van der Waals surface area contributed by atoms with E-state index in [2.05, 4.69) is 5.32 Å².